The lowest BCUT2D eigenvalue weighted by Gasteiger charge is -2.14. The van der Waals surface area contributed by atoms with Gasteiger partial charge in [0.15, 0.2) is 11.5 Å². The molecular formula is C37H31N9O19S3. The zero-order valence-corrected chi connectivity index (χ0v) is 36.2. The lowest BCUT2D eigenvalue weighted by atomic mass is 10.1. The minimum absolute atomic E-state index is 0.109. The number of carbonyl (C=O) groups is 3. The van der Waals surface area contributed by atoms with Crippen LogP contribution in [0.4, 0.5) is 39.8 Å². The number of hydrogen-bond acceptors (Lipinski definition) is 22. The Morgan fingerprint density at radius 2 is 1.25 bits per heavy atom. The molecule has 0 saturated heterocycles. The van der Waals surface area contributed by atoms with Crippen LogP contribution in [0, 0.1) is 0 Å². The van der Waals surface area contributed by atoms with Crippen LogP contribution in [0.15, 0.2) is 123 Å². The summed E-state index contributed by atoms with van der Waals surface area (Å²) in [5, 5.41) is 75.4. The first-order valence-corrected chi connectivity index (χ1v) is 22.8. The SMILES string of the molecule is Nc1ccc(N=Nc2cc(OCCO)c(N=Nc3c(S(=O)(=O)O)cc4c(S(=O)(=O)O)c(N=NC5C(=O)N(c6ccc(S(=O)(=O)O)cc6)N=C5C(=O)O)ccc4c3O)cc2OCCO)c(C(=O)O)c1. The molecule has 1 unspecified atom stereocenters. The largest absolute Gasteiger partial charge is 0.505 e. The van der Waals surface area contributed by atoms with Crippen LogP contribution >= 0.6 is 0 Å². The first-order chi connectivity index (χ1) is 31.9. The van der Waals surface area contributed by atoms with Crippen molar-refractivity contribution in [2.24, 2.45) is 35.8 Å². The fraction of sp³-hybridized carbons (Fsp3) is 0.135. The number of hydrazone groups is 1. The van der Waals surface area contributed by atoms with Gasteiger partial charge in [-0.15, -0.1) is 20.5 Å². The Kier molecular flexibility index (Phi) is 14.2. The molecule has 0 fully saturated rings. The van der Waals surface area contributed by atoms with E-state index in [-0.39, 0.29) is 52.1 Å². The highest BCUT2D eigenvalue weighted by Gasteiger charge is 2.41. The molecule has 0 aromatic heterocycles. The zero-order valence-electron chi connectivity index (χ0n) is 33.8. The number of amides is 1. The summed E-state index contributed by atoms with van der Waals surface area (Å²) in [4.78, 5) is 34.0. The maximum Gasteiger partial charge on any atom is 0.355 e. The van der Waals surface area contributed by atoms with E-state index in [2.05, 4.69) is 35.8 Å². The number of ether oxygens (including phenoxy) is 2. The molecule has 5 aromatic carbocycles. The molecule has 68 heavy (non-hydrogen) atoms. The van der Waals surface area contributed by atoms with E-state index in [4.69, 9.17) is 15.2 Å². The third kappa shape index (κ3) is 10.7. The van der Waals surface area contributed by atoms with Crippen molar-refractivity contribution in [3.8, 4) is 17.2 Å². The van der Waals surface area contributed by atoms with Crippen LogP contribution in [0.5, 0.6) is 17.2 Å². The third-order valence-corrected chi connectivity index (χ3v) is 11.7. The maximum absolute atomic E-state index is 13.3. The monoisotopic (exact) mass is 1000 g/mol. The summed E-state index contributed by atoms with van der Waals surface area (Å²) in [6.45, 7) is -1.88. The quantitative estimate of drug-likeness (QED) is 0.0339. The number of aliphatic hydroxyl groups is 2. The predicted molar refractivity (Wildman–Crippen MR) is 230 cm³/mol. The molecule has 1 amide bonds. The second kappa shape index (κ2) is 19.5. The molecule has 6 rings (SSSR count). The van der Waals surface area contributed by atoms with Crippen LogP contribution in [-0.2, 0) is 39.9 Å². The van der Waals surface area contributed by atoms with Gasteiger partial charge >= 0.3 is 11.9 Å². The first kappa shape index (κ1) is 49.5. The van der Waals surface area contributed by atoms with Gasteiger partial charge in [0.05, 0.1) is 29.4 Å². The number of phenols is 1. The fourth-order valence-corrected chi connectivity index (χ4v) is 8.01. The van der Waals surface area contributed by atoms with Gasteiger partial charge in [-0.1, -0.05) is 0 Å². The van der Waals surface area contributed by atoms with Crippen molar-refractivity contribution in [2.75, 3.05) is 37.2 Å². The van der Waals surface area contributed by atoms with Gasteiger partial charge in [0.25, 0.3) is 36.3 Å². The highest BCUT2D eigenvalue weighted by atomic mass is 32.2. The number of benzene rings is 5. The Bertz CT molecular complexity index is 3370. The number of aromatic carboxylic acids is 1. The van der Waals surface area contributed by atoms with Gasteiger partial charge in [-0.3, -0.25) is 18.5 Å². The summed E-state index contributed by atoms with van der Waals surface area (Å²) in [5.41, 5.74) is 1.69. The van der Waals surface area contributed by atoms with E-state index in [0.717, 1.165) is 54.6 Å². The topological polar surface area (TPSA) is 450 Å². The summed E-state index contributed by atoms with van der Waals surface area (Å²) in [6.07, 6.45) is 0. The molecular weight excluding hydrogens is 971 g/mol. The second-order valence-corrected chi connectivity index (χ2v) is 17.6. The molecule has 5 aromatic rings. The van der Waals surface area contributed by atoms with Crippen LogP contribution in [0.1, 0.15) is 10.4 Å². The second-order valence-electron chi connectivity index (χ2n) is 13.5. The number of carboxylic acid groups (broad SMARTS) is 2. The third-order valence-electron chi connectivity index (χ3n) is 9.00. The average molecular weight is 1000 g/mol. The van der Waals surface area contributed by atoms with Crippen molar-refractivity contribution in [2.45, 2.75) is 20.7 Å². The number of carboxylic acids is 2. The van der Waals surface area contributed by atoms with Crippen molar-refractivity contribution in [1.29, 1.82) is 0 Å². The number of phenolic OH excluding ortho intramolecular Hbond substituents is 1. The minimum atomic E-state index is -5.56. The first-order valence-electron chi connectivity index (χ1n) is 18.5. The van der Waals surface area contributed by atoms with E-state index in [1.54, 1.807) is 0 Å². The van der Waals surface area contributed by atoms with Crippen molar-refractivity contribution < 1.29 is 88.3 Å². The number of rotatable bonds is 18. The summed E-state index contributed by atoms with van der Waals surface area (Å²) in [5.74, 6) is -6.11. The van der Waals surface area contributed by atoms with Gasteiger partial charge in [-0.05, 0) is 60.7 Å². The minimum Gasteiger partial charge on any atom is -0.505 e. The fourth-order valence-electron chi connectivity index (χ4n) is 6.06. The van der Waals surface area contributed by atoms with Gasteiger partial charge in [0.2, 0.25) is 6.04 Å². The van der Waals surface area contributed by atoms with Crippen LogP contribution < -0.4 is 20.2 Å². The highest BCUT2D eigenvalue weighted by Crippen LogP contribution is 2.47. The van der Waals surface area contributed by atoms with Gasteiger partial charge in [0.1, 0.15) is 62.9 Å². The van der Waals surface area contributed by atoms with Crippen molar-refractivity contribution in [3.63, 3.8) is 0 Å². The van der Waals surface area contributed by atoms with Crippen molar-refractivity contribution in [1.82, 2.24) is 0 Å². The van der Waals surface area contributed by atoms with E-state index in [0.29, 0.717) is 11.1 Å². The van der Waals surface area contributed by atoms with E-state index >= 15 is 0 Å². The van der Waals surface area contributed by atoms with Crippen LogP contribution in [-0.4, -0.2) is 120 Å². The zero-order chi connectivity index (χ0) is 49.9. The molecule has 0 aliphatic carbocycles. The number of nitrogen functional groups attached to an aromatic ring is 1. The summed E-state index contributed by atoms with van der Waals surface area (Å²) in [7, 11) is -15.8. The number of carbonyl (C=O) groups excluding carboxylic acids is 1. The lowest BCUT2D eigenvalue weighted by Crippen LogP contribution is -2.33. The van der Waals surface area contributed by atoms with Crippen molar-refractivity contribution in [3.05, 3.63) is 78.4 Å². The highest BCUT2D eigenvalue weighted by molar-refractivity contribution is 7.86. The molecule has 1 aliphatic heterocycles. The maximum atomic E-state index is 13.3. The number of azo groups is 3. The Labute approximate surface area is 380 Å². The molecule has 356 valence electrons. The summed E-state index contributed by atoms with van der Waals surface area (Å²) >= 11 is 0. The number of nitrogens with two attached hydrogens (primary N) is 1. The molecule has 0 radical (unpaired) electrons. The van der Waals surface area contributed by atoms with Gasteiger partial charge in [-0.2, -0.15) is 45.6 Å². The molecule has 1 heterocycles. The molecule has 1 atom stereocenters. The van der Waals surface area contributed by atoms with Crippen LogP contribution in [0.25, 0.3) is 10.8 Å². The number of anilines is 2. The number of nitrogens with zero attached hydrogens (tertiary/aromatic N) is 8. The number of aliphatic carboxylic acids is 1. The van der Waals surface area contributed by atoms with E-state index in [1.165, 1.54) is 12.1 Å². The molecule has 31 heteroatoms. The molecule has 0 spiro atoms. The molecule has 10 N–H and O–H groups in total. The normalized spacial score (nSPS) is 14.7. The number of aromatic hydroxyl groups is 1. The van der Waals surface area contributed by atoms with E-state index in [1.807, 2.05) is 0 Å². The predicted octanol–water partition coefficient (Wildman–Crippen LogP) is 4.08. The Balaban J connectivity index is 1.45. The van der Waals surface area contributed by atoms with E-state index in [9.17, 15) is 78.8 Å². The number of hydrogen-bond donors (Lipinski definition) is 9. The summed E-state index contributed by atoms with van der Waals surface area (Å²) in [6, 6.07) is 9.64. The lowest BCUT2D eigenvalue weighted by molar-refractivity contribution is -0.130. The Morgan fingerprint density at radius 1 is 0.676 bits per heavy atom. The standard InChI is InChI=1S/C37H31N9O19S3/c38-17-1-7-23(22(13-17)36(51)52)39-41-25-15-28(65-12-10-48)26(16-27(25)64-11-9-47)42-43-30-29(67(58,59)60)14-21-20(33(30)49)6-8-24(34(21)68(61,62)63)40-44-31-32(37(53)54)45-46(35(31)50)18-2-4-19(5-3-18)66(55,56)57/h1-8,13-16,31,47-49H,9-12,38H2,(H,51,52)(H,53,54)(H,55,56,57)(H,58,59,60)(H,61,62,63). The summed E-state index contributed by atoms with van der Waals surface area (Å²) < 4.78 is 115. The van der Waals surface area contributed by atoms with Gasteiger partial charge in [0, 0.05) is 28.6 Å². The molecule has 28 nitrogen and oxygen atoms in total. The van der Waals surface area contributed by atoms with Gasteiger partial charge < -0.3 is 40.7 Å². The Morgan fingerprint density at radius 3 is 1.78 bits per heavy atom. The van der Waals surface area contributed by atoms with E-state index < -0.39 is 122 Å². The Hall–Kier alpha value is -7.91. The van der Waals surface area contributed by atoms with Gasteiger partial charge in [-0.25, -0.2) is 9.59 Å². The average Bonchev–Trinajstić information content (AvgIpc) is 3.60. The van der Waals surface area contributed by atoms with Crippen LogP contribution in [0.3, 0.4) is 0 Å². The smallest absolute Gasteiger partial charge is 0.355 e. The number of aliphatic hydroxyl groups excluding tert-OH is 2. The van der Waals surface area contributed by atoms with Crippen molar-refractivity contribution >= 4 is 104 Å². The number of fused-ring (bicyclic) bond motifs is 1. The van der Waals surface area contributed by atoms with Crippen LogP contribution in [0.2, 0.25) is 0 Å². The molecule has 0 bridgehead atoms. The molecule has 0 saturated carbocycles. The molecule has 1 aliphatic rings.